The van der Waals surface area contributed by atoms with Crippen LogP contribution in [0.4, 0.5) is 8.78 Å². The SMILES string of the molecule is CCC(O)c1cn(C(F)(F)CO)nn1. The lowest BCUT2D eigenvalue weighted by atomic mass is 10.2. The number of rotatable bonds is 4. The van der Waals surface area contributed by atoms with E-state index in [1.165, 1.54) is 0 Å². The zero-order valence-corrected chi connectivity index (χ0v) is 7.56. The van der Waals surface area contributed by atoms with E-state index in [4.69, 9.17) is 5.11 Å². The molecule has 1 aromatic rings. The number of aliphatic hydroxyl groups excluding tert-OH is 2. The largest absolute Gasteiger partial charge is 0.388 e. The van der Waals surface area contributed by atoms with E-state index in [1.807, 2.05) is 0 Å². The van der Waals surface area contributed by atoms with E-state index in [2.05, 4.69) is 10.3 Å². The van der Waals surface area contributed by atoms with Crippen LogP contribution in [0, 0.1) is 0 Å². The van der Waals surface area contributed by atoms with Crippen molar-refractivity contribution in [2.45, 2.75) is 25.5 Å². The summed E-state index contributed by atoms with van der Waals surface area (Å²) in [4.78, 5) is 0. The predicted molar refractivity (Wildman–Crippen MR) is 42.5 cm³/mol. The first-order valence-corrected chi connectivity index (χ1v) is 4.10. The van der Waals surface area contributed by atoms with Crippen molar-refractivity contribution in [2.24, 2.45) is 0 Å². The zero-order valence-electron chi connectivity index (χ0n) is 7.56. The Morgan fingerprint density at radius 3 is 2.79 bits per heavy atom. The minimum absolute atomic E-state index is 0.0700. The normalized spacial score (nSPS) is 14.4. The Kier molecular flexibility index (Phi) is 3.12. The molecule has 0 saturated heterocycles. The molecule has 1 aromatic heterocycles. The van der Waals surface area contributed by atoms with Crippen LogP contribution in [-0.2, 0) is 6.05 Å². The minimum Gasteiger partial charge on any atom is -0.388 e. The lowest BCUT2D eigenvalue weighted by Gasteiger charge is -2.11. The Hall–Kier alpha value is -1.08. The van der Waals surface area contributed by atoms with Gasteiger partial charge in [-0.1, -0.05) is 12.1 Å². The van der Waals surface area contributed by atoms with Crippen LogP contribution < -0.4 is 0 Å². The second-order valence-electron chi connectivity index (χ2n) is 2.84. The van der Waals surface area contributed by atoms with Crippen molar-refractivity contribution >= 4 is 0 Å². The lowest BCUT2D eigenvalue weighted by Crippen LogP contribution is -2.27. The molecule has 80 valence electrons. The summed E-state index contributed by atoms with van der Waals surface area (Å²) < 4.78 is 25.8. The summed E-state index contributed by atoms with van der Waals surface area (Å²) in [6.07, 6.45) is 0.381. The Morgan fingerprint density at radius 1 is 1.64 bits per heavy atom. The van der Waals surface area contributed by atoms with Crippen LogP contribution in [0.15, 0.2) is 6.20 Å². The molecule has 0 aliphatic rings. The standard InChI is InChI=1S/C7H11F2N3O2/c1-2-6(14)5-3-12(11-10-5)7(8,9)4-13/h3,6,13-14H,2,4H2,1H3. The summed E-state index contributed by atoms with van der Waals surface area (Å²) in [7, 11) is 0. The molecule has 0 bridgehead atoms. The molecule has 5 nitrogen and oxygen atoms in total. The van der Waals surface area contributed by atoms with Crippen LogP contribution >= 0.6 is 0 Å². The van der Waals surface area contributed by atoms with Gasteiger partial charge in [0, 0.05) is 0 Å². The smallest absolute Gasteiger partial charge is 0.367 e. The van der Waals surface area contributed by atoms with Gasteiger partial charge in [-0.3, -0.25) is 0 Å². The molecule has 2 N–H and O–H groups in total. The van der Waals surface area contributed by atoms with Crippen LogP contribution in [0.5, 0.6) is 0 Å². The summed E-state index contributed by atoms with van der Waals surface area (Å²) in [5.41, 5.74) is 0.0700. The lowest BCUT2D eigenvalue weighted by molar-refractivity contribution is -0.131. The van der Waals surface area contributed by atoms with Crippen LogP contribution in [0.2, 0.25) is 0 Å². The number of nitrogens with zero attached hydrogens (tertiary/aromatic N) is 3. The Balaban J connectivity index is 2.88. The minimum atomic E-state index is -3.47. The molecule has 0 aromatic carbocycles. The molecule has 1 unspecified atom stereocenters. The van der Waals surface area contributed by atoms with Gasteiger partial charge >= 0.3 is 6.05 Å². The summed E-state index contributed by atoms with van der Waals surface area (Å²) in [5, 5.41) is 24.1. The van der Waals surface area contributed by atoms with Gasteiger partial charge in [-0.05, 0) is 6.42 Å². The summed E-state index contributed by atoms with van der Waals surface area (Å²) in [6.45, 7) is 0.339. The van der Waals surface area contributed by atoms with E-state index in [0.29, 0.717) is 6.42 Å². The molecule has 1 rings (SSSR count). The molecule has 1 heterocycles. The number of aliphatic hydroxyl groups is 2. The van der Waals surface area contributed by atoms with Crippen molar-refractivity contribution in [1.82, 2.24) is 15.0 Å². The summed E-state index contributed by atoms with van der Waals surface area (Å²) in [6, 6.07) is -3.47. The Morgan fingerprint density at radius 2 is 2.29 bits per heavy atom. The van der Waals surface area contributed by atoms with Crippen LogP contribution in [0.25, 0.3) is 0 Å². The monoisotopic (exact) mass is 207 g/mol. The van der Waals surface area contributed by atoms with E-state index < -0.39 is 18.8 Å². The molecule has 0 aliphatic heterocycles. The van der Waals surface area contributed by atoms with Crippen molar-refractivity contribution in [2.75, 3.05) is 6.61 Å². The van der Waals surface area contributed by atoms with Gasteiger partial charge in [0.15, 0.2) is 0 Å². The Bertz CT molecular complexity index is 303. The third-order valence-corrected chi connectivity index (χ3v) is 1.76. The van der Waals surface area contributed by atoms with Gasteiger partial charge in [-0.25, -0.2) is 0 Å². The second kappa shape index (κ2) is 3.97. The summed E-state index contributed by atoms with van der Waals surface area (Å²) in [5.74, 6) is 0. The fourth-order valence-electron chi connectivity index (χ4n) is 0.871. The highest BCUT2D eigenvalue weighted by Crippen LogP contribution is 2.20. The molecule has 0 saturated carbocycles. The molecule has 14 heavy (non-hydrogen) atoms. The van der Waals surface area contributed by atoms with Crippen LogP contribution in [0.3, 0.4) is 0 Å². The number of aromatic nitrogens is 3. The van der Waals surface area contributed by atoms with Gasteiger partial charge < -0.3 is 10.2 Å². The zero-order chi connectivity index (χ0) is 10.8. The van der Waals surface area contributed by atoms with Gasteiger partial charge in [0.1, 0.15) is 12.3 Å². The number of hydrogen-bond donors (Lipinski definition) is 2. The van der Waals surface area contributed by atoms with Crippen molar-refractivity contribution in [3.63, 3.8) is 0 Å². The van der Waals surface area contributed by atoms with E-state index in [1.54, 1.807) is 6.92 Å². The summed E-state index contributed by atoms with van der Waals surface area (Å²) >= 11 is 0. The highest BCUT2D eigenvalue weighted by molar-refractivity contribution is 4.97. The molecule has 0 aliphatic carbocycles. The molecule has 0 amide bonds. The maximum absolute atomic E-state index is 12.8. The molecule has 0 fully saturated rings. The molecular formula is C7H11F2N3O2. The number of alkyl halides is 2. The first kappa shape index (κ1) is 11.0. The van der Waals surface area contributed by atoms with Crippen LogP contribution in [0.1, 0.15) is 25.1 Å². The average molecular weight is 207 g/mol. The van der Waals surface area contributed by atoms with Gasteiger partial charge in [0.25, 0.3) is 0 Å². The Labute approximate surface area is 79.0 Å². The van der Waals surface area contributed by atoms with E-state index >= 15 is 0 Å². The maximum Gasteiger partial charge on any atom is 0.367 e. The highest BCUT2D eigenvalue weighted by atomic mass is 19.3. The highest BCUT2D eigenvalue weighted by Gasteiger charge is 2.32. The maximum atomic E-state index is 12.8. The van der Waals surface area contributed by atoms with Crippen molar-refractivity contribution in [1.29, 1.82) is 0 Å². The molecule has 0 radical (unpaired) electrons. The molecule has 7 heteroatoms. The molecular weight excluding hydrogens is 196 g/mol. The number of halogens is 2. The third-order valence-electron chi connectivity index (χ3n) is 1.76. The fourth-order valence-corrected chi connectivity index (χ4v) is 0.871. The van der Waals surface area contributed by atoms with Gasteiger partial charge in [-0.15, -0.1) is 5.10 Å². The first-order valence-electron chi connectivity index (χ1n) is 4.10. The quantitative estimate of drug-likeness (QED) is 0.743. The van der Waals surface area contributed by atoms with E-state index in [0.717, 1.165) is 6.20 Å². The van der Waals surface area contributed by atoms with Crippen molar-refractivity contribution in [3.8, 4) is 0 Å². The van der Waals surface area contributed by atoms with Gasteiger partial charge in [0.05, 0.1) is 12.3 Å². The topological polar surface area (TPSA) is 71.2 Å². The first-order chi connectivity index (χ1) is 6.51. The molecule has 1 atom stereocenters. The second-order valence-corrected chi connectivity index (χ2v) is 2.84. The van der Waals surface area contributed by atoms with E-state index in [9.17, 15) is 13.9 Å². The van der Waals surface area contributed by atoms with Crippen LogP contribution in [-0.4, -0.2) is 31.8 Å². The molecule has 0 spiro atoms. The predicted octanol–water partition coefficient (Wildman–Crippen LogP) is 0.263. The third kappa shape index (κ3) is 2.05. The average Bonchev–Trinajstić information content (AvgIpc) is 2.66. The number of hydrogen-bond acceptors (Lipinski definition) is 4. The van der Waals surface area contributed by atoms with E-state index in [-0.39, 0.29) is 10.4 Å². The van der Waals surface area contributed by atoms with Crippen molar-refractivity contribution < 1.29 is 19.0 Å². The van der Waals surface area contributed by atoms with Gasteiger partial charge in [0.2, 0.25) is 0 Å². The van der Waals surface area contributed by atoms with Gasteiger partial charge in [-0.2, -0.15) is 13.5 Å². The fraction of sp³-hybridized carbons (Fsp3) is 0.714. The van der Waals surface area contributed by atoms with Crippen molar-refractivity contribution in [3.05, 3.63) is 11.9 Å².